The molecular formula is C67H84F2N22O23P2. The van der Waals surface area contributed by atoms with Gasteiger partial charge in [-0.3, -0.25) is 85.7 Å². The number of rotatable bonds is 24. The Bertz CT molecular complexity index is 5160. The van der Waals surface area contributed by atoms with Crippen molar-refractivity contribution >= 4 is 107 Å². The lowest BCUT2D eigenvalue weighted by Crippen LogP contribution is -2.45. The van der Waals surface area contributed by atoms with E-state index in [9.17, 15) is 63.0 Å². The number of carbonyl (C=O) groups excluding carboxylic acids is 4. The Balaban J connectivity index is 0.000000220. The number of aromatic amines is 2. The Morgan fingerprint density at radius 2 is 0.940 bits per heavy atom. The van der Waals surface area contributed by atoms with E-state index in [0.717, 1.165) is 21.8 Å². The molecule has 45 nitrogen and oxygen atoms in total. The van der Waals surface area contributed by atoms with Crippen LogP contribution in [0.25, 0.3) is 44.7 Å². The van der Waals surface area contributed by atoms with Crippen molar-refractivity contribution in [3.63, 3.8) is 0 Å². The van der Waals surface area contributed by atoms with Gasteiger partial charge in [-0.1, -0.05) is 85.9 Å². The molecule has 16 rings (SSSR count). The Hall–Kier alpha value is -10.2. The molecule has 0 saturated carbocycles. The van der Waals surface area contributed by atoms with Crippen LogP contribution in [0.3, 0.4) is 0 Å². The van der Waals surface area contributed by atoms with Crippen LogP contribution in [0.4, 0.5) is 32.3 Å². The number of aliphatic hydroxyl groups is 3. The monoisotopic (exact) mass is 1660 g/mol. The minimum absolute atomic E-state index is 0. The molecule has 2 aromatic carbocycles. The number of H-pyrrole nitrogens is 2. The summed E-state index contributed by atoms with van der Waals surface area (Å²) in [5.74, 6) is -3.27. The van der Waals surface area contributed by atoms with E-state index in [1.807, 2.05) is 6.92 Å². The molecule has 4 amide bonds. The van der Waals surface area contributed by atoms with Crippen LogP contribution in [0.1, 0.15) is 95.1 Å². The fourth-order valence-electron chi connectivity index (χ4n) is 13.5. The van der Waals surface area contributed by atoms with Crippen LogP contribution in [-0.4, -0.2) is 233 Å². The summed E-state index contributed by atoms with van der Waals surface area (Å²) < 4.78 is 121. The predicted molar refractivity (Wildman–Crippen MR) is 400 cm³/mol. The molecule has 14 heterocycles. The SMILES string of the molecule is C.C.CC(C)C(=O)Nc1nc2c(ncn2[C@@H]2O[C@H](CO)[C@H](F)[C@H]2OP(=O)(O)OC[C@@]23CO[C@@H]([C@H](n4cnc5c(NC(=O)c6ccccc6)ncnc54)O2)[C@@H]3C)c(=O)[nH]1.CC(C)C(=O)Nc1nc2c(ncn2[C@@H]2O[C@H](CO)[C@H](F)[C@H]2OP(=O)(O)OC[C@@]23CO[C@@H]([C@H](n4cnc5c(NC(=O)c6ccccc6)ncnc54)O2)[C@@H]3O)c(=O)[nH]1.N.N. The Labute approximate surface area is 653 Å². The first kappa shape index (κ1) is 86.6. The zero-order valence-corrected chi connectivity index (χ0v) is 62.4. The van der Waals surface area contributed by atoms with Crippen molar-refractivity contribution in [3.8, 4) is 0 Å². The van der Waals surface area contributed by atoms with Crippen molar-refractivity contribution in [1.82, 2.24) is 90.4 Å². The highest BCUT2D eigenvalue weighted by Crippen LogP contribution is 2.57. The number of nitrogens with one attached hydrogen (secondary N) is 6. The van der Waals surface area contributed by atoms with Crippen molar-refractivity contribution in [2.45, 2.75) is 141 Å². The van der Waals surface area contributed by atoms with Gasteiger partial charge < -0.3 is 76.5 Å². The van der Waals surface area contributed by atoms with Crippen LogP contribution in [0.5, 0.6) is 0 Å². The van der Waals surface area contributed by atoms with Gasteiger partial charge in [0.25, 0.3) is 22.9 Å². The Morgan fingerprint density at radius 1 is 0.560 bits per heavy atom. The minimum Gasteiger partial charge on any atom is -0.394 e. The molecule has 6 fully saturated rings. The second-order valence-corrected chi connectivity index (χ2v) is 30.2. The Kier molecular flexibility index (Phi) is 25.5. The van der Waals surface area contributed by atoms with Crippen LogP contribution in [0.2, 0.25) is 0 Å². The van der Waals surface area contributed by atoms with Crippen molar-refractivity contribution in [1.29, 1.82) is 0 Å². The van der Waals surface area contributed by atoms with E-state index in [0.29, 0.717) is 16.8 Å². The topological polar surface area (TPSA) is 628 Å². The van der Waals surface area contributed by atoms with Crippen LogP contribution in [-0.2, 0) is 65.2 Å². The lowest BCUT2D eigenvalue weighted by molar-refractivity contribution is -0.184. The van der Waals surface area contributed by atoms with E-state index >= 15 is 8.78 Å². The molecular weight excluding hydrogens is 1580 g/mol. The third-order valence-electron chi connectivity index (χ3n) is 19.6. The molecule has 17 N–H and O–H groups in total. The highest BCUT2D eigenvalue weighted by molar-refractivity contribution is 7.47. The molecule has 18 atom stereocenters. The van der Waals surface area contributed by atoms with Gasteiger partial charge in [0.1, 0.15) is 66.6 Å². The number of hydrogen-bond acceptors (Lipinski definition) is 33. The first-order valence-corrected chi connectivity index (χ1v) is 37.6. The van der Waals surface area contributed by atoms with Gasteiger partial charge in [0, 0.05) is 28.9 Å². The summed E-state index contributed by atoms with van der Waals surface area (Å²) >= 11 is 0. The first-order valence-electron chi connectivity index (χ1n) is 34.6. The van der Waals surface area contributed by atoms with Crippen LogP contribution >= 0.6 is 15.6 Å². The molecule has 624 valence electrons. The highest BCUT2D eigenvalue weighted by atomic mass is 31.2. The summed E-state index contributed by atoms with van der Waals surface area (Å²) in [6.45, 7) is 5.02. The third-order valence-corrected chi connectivity index (χ3v) is 21.5. The van der Waals surface area contributed by atoms with Crippen molar-refractivity contribution < 1.29 is 109 Å². The third kappa shape index (κ3) is 16.2. The number of nitrogens with zero attached hydrogens (tertiary/aromatic N) is 14. The van der Waals surface area contributed by atoms with E-state index in [1.54, 1.807) is 92.9 Å². The summed E-state index contributed by atoms with van der Waals surface area (Å²) in [4.78, 5) is 145. The highest BCUT2D eigenvalue weighted by Gasteiger charge is 2.64. The number of phosphoric ester groups is 2. The lowest BCUT2D eigenvalue weighted by Gasteiger charge is -2.32. The first-order chi connectivity index (χ1) is 53.6. The number of carbonyl (C=O) groups is 4. The summed E-state index contributed by atoms with van der Waals surface area (Å²) in [7, 11) is -10.4. The molecule has 6 aliphatic rings. The quantitative estimate of drug-likeness (QED) is 0.0380. The number of anilines is 4. The van der Waals surface area contributed by atoms with Gasteiger partial charge >= 0.3 is 15.6 Å². The number of ether oxygens (including phenoxy) is 6. The lowest BCUT2D eigenvalue weighted by atomic mass is 9.91. The molecule has 6 aliphatic heterocycles. The van der Waals surface area contributed by atoms with Crippen LogP contribution in [0, 0.1) is 17.8 Å². The Morgan fingerprint density at radius 3 is 1.36 bits per heavy atom. The molecule has 0 radical (unpaired) electrons. The van der Waals surface area contributed by atoms with Crippen LogP contribution < -0.4 is 44.7 Å². The molecule has 4 bridgehead atoms. The maximum Gasteiger partial charge on any atom is 0.472 e. The average Bonchev–Trinajstić information content (AvgIpc) is 1.57. The molecule has 8 aromatic heterocycles. The number of alkyl halides is 2. The summed E-state index contributed by atoms with van der Waals surface area (Å²) in [5.41, 5.74) is -3.47. The molecule has 6 saturated heterocycles. The van der Waals surface area contributed by atoms with Gasteiger partial charge in [0.2, 0.25) is 23.7 Å². The predicted octanol–water partition coefficient (Wildman–Crippen LogP) is 4.00. The molecule has 10 aromatic rings. The zero-order chi connectivity index (χ0) is 79.0. The molecule has 0 aliphatic carbocycles. The number of amides is 4. The number of aliphatic hydroxyl groups excluding tert-OH is 3. The maximum absolute atomic E-state index is 15.8. The van der Waals surface area contributed by atoms with Gasteiger partial charge in [-0.25, -0.2) is 57.8 Å². The largest absolute Gasteiger partial charge is 0.472 e. The number of aromatic nitrogens is 16. The van der Waals surface area contributed by atoms with E-state index < -0.39 is 186 Å². The second kappa shape index (κ2) is 34.1. The van der Waals surface area contributed by atoms with Gasteiger partial charge in [-0.05, 0) is 24.3 Å². The zero-order valence-electron chi connectivity index (χ0n) is 60.6. The number of imidazole rings is 4. The van der Waals surface area contributed by atoms with E-state index in [-0.39, 0.29) is 103 Å². The van der Waals surface area contributed by atoms with Gasteiger partial charge in [-0.2, -0.15) is 9.97 Å². The van der Waals surface area contributed by atoms with E-state index in [2.05, 4.69) is 81.1 Å². The fourth-order valence-corrected chi connectivity index (χ4v) is 15.5. The number of halogens is 2. The van der Waals surface area contributed by atoms with Gasteiger partial charge in [0.05, 0.1) is 65.0 Å². The molecule has 116 heavy (non-hydrogen) atoms. The number of hydrogen-bond donors (Lipinski definition) is 13. The minimum atomic E-state index is -5.25. The maximum atomic E-state index is 15.8. The van der Waals surface area contributed by atoms with Crippen molar-refractivity contribution in [2.75, 3.05) is 60.9 Å². The molecule has 0 spiro atoms. The van der Waals surface area contributed by atoms with Gasteiger partial charge in [-0.15, -0.1) is 0 Å². The van der Waals surface area contributed by atoms with E-state index in [4.69, 9.17) is 46.5 Å². The normalized spacial score (nSPS) is 27.3. The number of benzene rings is 2. The van der Waals surface area contributed by atoms with Crippen LogP contribution in [0.15, 0.2) is 108 Å². The summed E-state index contributed by atoms with van der Waals surface area (Å²) in [6, 6.07) is 17.0. The van der Waals surface area contributed by atoms with Crippen molar-refractivity contribution in [3.05, 3.63) is 130 Å². The second-order valence-electron chi connectivity index (χ2n) is 27.4. The summed E-state index contributed by atoms with van der Waals surface area (Å²) in [5, 5.41) is 41.3. The van der Waals surface area contributed by atoms with Crippen molar-refractivity contribution in [2.24, 2.45) is 17.8 Å². The average molecular weight is 1670 g/mol. The van der Waals surface area contributed by atoms with Gasteiger partial charge in [0.15, 0.2) is 93.5 Å². The fraction of sp³-hybridized carbons (Fsp3) is 0.463. The smallest absolute Gasteiger partial charge is 0.394 e. The van der Waals surface area contributed by atoms with E-state index in [1.165, 1.54) is 29.9 Å². The number of fused-ring (bicyclic) bond motifs is 8. The number of phosphoric acid groups is 2. The summed E-state index contributed by atoms with van der Waals surface area (Å²) in [6.07, 6.45) is -11.9. The molecule has 2 unspecified atom stereocenters. The standard InChI is InChI=1S/C33H36FN10O11P.C32H34FN10O12P.2CH4.2H3N/c1-15(2)27(46)41-32-40-26-21(29(48)42-32)38-14-44(26)30-23(19(34)18(9-45)53-30)55-56(49,50)52-11-33-10-51-22(16(33)3)31(54-33)43-13-37-20-24(35-12-36-25(20)43)39-28(47)17-7-5-4-6-8-17;1-14(2)26(46)40-31-39-25-19(28(48)41-31)37-13-43(25)29-20(17(33)16(8-44)53-29)55-56(49,50)52-10-32-9-51-21(22(32)45)30(54-32)42-12-36-18-23(34-11-35-24(18)42)38-27(47)15-6-4-3-5-7-15;;;;/h4-8,12-16,18-19,22-23,30-31,45H,9-11H2,1-3H3,(H,49,50)(H,35,36,39,47)(H2,40,41,42,46,48);3-7,11-14,16-17,20-22,29-30,44-45H,8-10H2,1-2H3,(H,49,50)(H,34,35,38,47)(H2,39,40,41,46,48);2*1H4;2*1H3/t16-,18+,19-,22+,23+,30+,31+,33+;16-,17+,20-,21-,22+,29-,30-,32-;;;;/m01..../s1. The molecule has 49 heteroatoms.